The first-order valence-electron chi connectivity index (χ1n) is 6.32. The number of aliphatic hydroxyl groups is 1. The topological polar surface area (TPSA) is 47.3 Å². The first kappa shape index (κ1) is 13.6. The molecule has 102 valence electrons. The van der Waals surface area contributed by atoms with Crippen LogP contribution in [0, 0.1) is 0 Å². The van der Waals surface area contributed by atoms with Crippen LogP contribution in [-0.4, -0.2) is 27.4 Å². The third-order valence-corrected chi connectivity index (χ3v) is 3.20. The highest BCUT2D eigenvalue weighted by Gasteiger charge is 2.23. The Morgan fingerprint density at radius 1 is 1.26 bits per heavy atom. The van der Waals surface area contributed by atoms with E-state index in [1.165, 1.54) is 0 Å². The van der Waals surface area contributed by atoms with E-state index in [1.807, 2.05) is 49.0 Å². The average molecular weight is 260 g/mol. The smallest absolute Gasteiger partial charge is 0.118 e. The quantitative estimate of drug-likeness (QED) is 0.894. The van der Waals surface area contributed by atoms with Gasteiger partial charge in [0, 0.05) is 32.3 Å². The molecule has 0 saturated carbocycles. The van der Waals surface area contributed by atoms with Crippen molar-refractivity contribution in [3.63, 3.8) is 0 Å². The minimum absolute atomic E-state index is 0.530. The molecule has 0 bridgehead atoms. The fourth-order valence-electron chi connectivity index (χ4n) is 2.15. The lowest BCUT2D eigenvalue weighted by Crippen LogP contribution is -2.31. The summed E-state index contributed by atoms with van der Waals surface area (Å²) in [4.78, 5) is 4.25. The summed E-state index contributed by atoms with van der Waals surface area (Å²) < 4.78 is 7.06. The van der Waals surface area contributed by atoms with Crippen LogP contribution in [0.25, 0.3) is 0 Å². The van der Waals surface area contributed by atoms with Crippen LogP contribution in [0.5, 0.6) is 5.75 Å². The molecule has 4 heteroatoms. The molecule has 0 spiro atoms. The van der Waals surface area contributed by atoms with Gasteiger partial charge in [-0.25, -0.2) is 4.98 Å². The molecule has 2 aromatic rings. The molecule has 0 radical (unpaired) electrons. The van der Waals surface area contributed by atoms with E-state index in [1.54, 1.807) is 13.3 Å². The van der Waals surface area contributed by atoms with Crippen molar-refractivity contribution in [3.8, 4) is 5.75 Å². The Hall–Kier alpha value is -1.81. The number of nitrogens with zero attached hydrogens (tertiary/aromatic N) is 2. The lowest BCUT2D eigenvalue weighted by molar-refractivity contribution is 0.0581. The van der Waals surface area contributed by atoms with Gasteiger partial charge in [0.2, 0.25) is 0 Å². The third-order valence-electron chi connectivity index (χ3n) is 3.20. The minimum Gasteiger partial charge on any atom is -0.497 e. The van der Waals surface area contributed by atoms with Gasteiger partial charge in [0.1, 0.15) is 11.6 Å². The number of aryl methyl sites for hydroxylation is 1. The predicted molar refractivity (Wildman–Crippen MR) is 74.2 cm³/mol. The van der Waals surface area contributed by atoms with E-state index in [9.17, 15) is 5.11 Å². The highest BCUT2D eigenvalue weighted by molar-refractivity contribution is 5.28. The van der Waals surface area contributed by atoms with E-state index < -0.39 is 5.60 Å². The van der Waals surface area contributed by atoms with Gasteiger partial charge in [-0.05, 0) is 24.6 Å². The number of imidazole rings is 1. The lowest BCUT2D eigenvalue weighted by Gasteiger charge is -2.23. The second-order valence-corrected chi connectivity index (χ2v) is 5.15. The lowest BCUT2D eigenvalue weighted by atomic mass is 9.93. The van der Waals surface area contributed by atoms with Crippen LogP contribution in [0.2, 0.25) is 0 Å². The number of benzene rings is 1. The zero-order valence-corrected chi connectivity index (χ0v) is 11.6. The number of hydrogen-bond donors (Lipinski definition) is 1. The molecule has 0 aliphatic carbocycles. The second kappa shape index (κ2) is 5.45. The van der Waals surface area contributed by atoms with E-state index in [-0.39, 0.29) is 0 Å². The Labute approximate surface area is 113 Å². The standard InChI is InChI=1S/C15H20N2O2/c1-15(18,11-14-16-8-9-17(14)2)10-12-4-6-13(19-3)7-5-12/h4-9,18H,10-11H2,1-3H3. The van der Waals surface area contributed by atoms with Gasteiger partial charge >= 0.3 is 0 Å². The Morgan fingerprint density at radius 2 is 1.95 bits per heavy atom. The summed E-state index contributed by atoms with van der Waals surface area (Å²) in [6.07, 6.45) is 4.75. The fraction of sp³-hybridized carbons (Fsp3) is 0.400. The Bertz CT molecular complexity index is 529. The molecule has 4 nitrogen and oxygen atoms in total. The van der Waals surface area contributed by atoms with Gasteiger partial charge in [0.05, 0.1) is 12.7 Å². The van der Waals surface area contributed by atoms with Crippen LogP contribution in [0.1, 0.15) is 18.3 Å². The molecule has 1 aromatic carbocycles. The van der Waals surface area contributed by atoms with E-state index in [0.29, 0.717) is 12.8 Å². The maximum Gasteiger partial charge on any atom is 0.118 e. The van der Waals surface area contributed by atoms with Gasteiger partial charge < -0.3 is 14.4 Å². The number of ether oxygens (including phenoxy) is 1. The Kier molecular flexibility index (Phi) is 3.90. The largest absolute Gasteiger partial charge is 0.497 e. The van der Waals surface area contributed by atoms with Gasteiger partial charge in [-0.3, -0.25) is 0 Å². The van der Waals surface area contributed by atoms with Crippen molar-refractivity contribution in [1.29, 1.82) is 0 Å². The van der Waals surface area contributed by atoms with E-state index in [0.717, 1.165) is 17.1 Å². The van der Waals surface area contributed by atoms with Crippen LogP contribution in [0.4, 0.5) is 0 Å². The minimum atomic E-state index is -0.812. The third kappa shape index (κ3) is 3.58. The molecule has 2 rings (SSSR count). The number of rotatable bonds is 5. The molecular weight excluding hydrogens is 240 g/mol. The summed E-state index contributed by atoms with van der Waals surface area (Å²) in [6.45, 7) is 1.84. The van der Waals surface area contributed by atoms with Gasteiger partial charge in [0.25, 0.3) is 0 Å². The summed E-state index contributed by atoms with van der Waals surface area (Å²) >= 11 is 0. The predicted octanol–water partition coefficient (Wildman–Crippen LogP) is 1.96. The fourth-order valence-corrected chi connectivity index (χ4v) is 2.15. The van der Waals surface area contributed by atoms with Crippen molar-refractivity contribution in [2.75, 3.05) is 7.11 Å². The molecule has 1 atom stereocenters. The van der Waals surface area contributed by atoms with Gasteiger partial charge in [-0.1, -0.05) is 12.1 Å². The summed E-state index contributed by atoms with van der Waals surface area (Å²) in [6, 6.07) is 7.77. The summed E-state index contributed by atoms with van der Waals surface area (Å²) in [5.74, 6) is 1.71. The summed E-state index contributed by atoms with van der Waals surface area (Å²) in [5.41, 5.74) is 0.272. The zero-order valence-electron chi connectivity index (χ0n) is 11.6. The second-order valence-electron chi connectivity index (χ2n) is 5.15. The molecule has 1 aromatic heterocycles. The molecule has 1 heterocycles. The molecule has 1 N–H and O–H groups in total. The van der Waals surface area contributed by atoms with E-state index >= 15 is 0 Å². The van der Waals surface area contributed by atoms with Crippen molar-refractivity contribution in [3.05, 3.63) is 48.0 Å². The SMILES string of the molecule is COc1ccc(CC(C)(O)Cc2nccn2C)cc1. The van der Waals surface area contributed by atoms with Crippen LogP contribution >= 0.6 is 0 Å². The Morgan fingerprint density at radius 3 is 2.47 bits per heavy atom. The van der Waals surface area contributed by atoms with Crippen molar-refractivity contribution in [2.24, 2.45) is 7.05 Å². The number of hydrogen-bond acceptors (Lipinski definition) is 3. The van der Waals surface area contributed by atoms with Crippen molar-refractivity contribution < 1.29 is 9.84 Å². The van der Waals surface area contributed by atoms with Crippen LogP contribution in [0.15, 0.2) is 36.7 Å². The van der Waals surface area contributed by atoms with Crippen LogP contribution < -0.4 is 4.74 Å². The molecule has 0 aliphatic heterocycles. The maximum atomic E-state index is 10.5. The maximum absolute atomic E-state index is 10.5. The molecule has 0 fully saturated rings. The normalized spacial score (nSPS) is 14.1. The molecular formula is C15H20N2O2. The van der Waals surface area contributed by atoms with Gasteiger partial charge in [-0.2, -0.15) is 0 Å². The van der Waals surface area contributed by atoms with Crippen molar-refractivity contribution >= 4 is 0 Å². The van der Waals surface area contributed by atoms with Crippen LogP contribution in [0.3, 0.4) is 0 Å². The summed E-state index contributed by atoms with van der Waals surface area (Å²) in [5, 5.41) is 10.5. The first-order valence-corrected chi connectivity index (χ1v) is 6.32. The molecule has 0 amide bonds. The monoisotopic (exact) mass is 260 g/mol. The van der Waals surface area contributed by atoms with Gasteiger partial charge in [0.15, 0.2) is 0 Å². The van der Waals surface area contributed by atoms with E-state index in [4.69, 9.17) is 4.74 Å². The number of aromatic nitrogens is 2. The van der Waals surface area contributed by atoms with Gasteiger partial charge in [-0.15, -0.1) is 0 Å². The first-order chi connectivity index (χ1) is 9.00. The molecule has 0 aliphatic rings. The molecule has 1 unspecified atom stereocenters. The van der Waals surface area contributed by atoms with Crippen molar-refractivity contribution in [1.82, 2.24) is 9.55 Å². The van der Waals surface area contributed by atoms with Crippen LogP contribution in [-0.2, 0) is 19.9 Å². The number of methoxy groups -OCH3 is 1. The average Bonchev–Trinajstić information content (AvgIpc) is 2.75. The van der Waals surface area contributed by atoms with Crippen molar-refractivity contribution in [2.45, 2.75) is 25.4 Å². The zero-order chi connectivity index (χ0) is 13.9. The van der Waals surface area contributed by atoms with E-state index in [2.05, 4.69) is 4.98 Å². The Balaban J connectivity index is 2.05. The molecule has 19 heavy (non-hydrogen) atoms. The highest BCUT2D eigenvalue weighted by atomic mass is 16.5. The molecule has 0 saturated heterocycles. The highest BCUT2D eigenvalue weighted by Crippen LogP contribution is 2.20. The summed E-state index contributed by atoms with van der Waals surface area (Å²) in [7, 11) is 3.58.